The second kappa shape index (κ2) is 9.63. The van der Waals surface area contributed by atoms with E-state index in [0.717, 1.165) is 4.78 Å². The first kappa shape index (κ1) is 15.7. The van der Waals surface area contributed by atoms with Gasteiger partial charge in [-0.15, -0.1) is 4.78 Å². The van der Waals surface area contributed by atoms with Gasteiger partial charge in [0, 0.05) is 0 Å². The van der Waals surface area contributed by atoms with Gasteiger partial charge in [-0.3, -0.25) is 9.41 Å². The second-order valence-electron chi connectivity index (χ2n) is 1.39. The number of rotatable bonds is 1. The molecule has 0 aliphatic rings. The van der Waals surface area contributed by atoms with Gasteiger partial charge in [0.2, 0.25) is 0 Å². The Labute approximate surface area is 51.5 Å². The maximum atomic E-state index is 2.73. The molecule has 0 aliphatic carbocycles. The Bertz CT molecular complexity index is 23.7. The Hall–Kier alpha value is 0.392. The van der Waals surface area contributed by atoms with E-state index < -0.39 is 0 Å². The summed E-state index contributed by atoms with van der Waals surface area (Å²) in [5.74, 6) is 0. The van der Waals surface area contributed by atoms with Crippen LogP contribution in [0.15, 0.2) is 0 Å². The molecule has 44 valence electrons. The molecule has 0 spiro atoms. The zero-order chi connectivity index (χ0) is 4.28. The van der Waals surface area contributed by atoms with Crippen LogP contribution in [0.3, 0.4) is 0 Å². The minimum atomic E-state index is 0. The van der Waals surface area contributed by atoms with E-state index in [2.05, 4.69) is 30.1 Å². The van der Waals surface area contributed by atoms with E-state index in [1.165, 1.54) is 6.42 Å². The lowest BCUT2D eigenvalue weighted by atomic mass is 10.4. The summed E-state index contributed by atoms with van der Waals surface area (Å²) in [6, 6.07) is 0. The van der Waals surface area contributed by atoms with E-state index >= 15 is 0 Å². The van der Waals surface area contributed by atoms with Crippen molar-refractivity contribution in [2.24, 2.45) is 0 Å². The molecule has 0 N–H and O–H groups in total. The monoisotopic (exact) mass is 124 g/mol. The maximum Gasteiger partial charge on any atom is 0.123 e. The van der Waals surface area contributed by atoms with Crippen molar-refractivity contribution in [3.63, 3.8) is 0 Å². The molecule has 0 rings (SSSR count). The molecule has 0 amide bonds. The lowest BCUT2D eigenvalue weighted by Crippen LogP contribution is -1.76. The highest BCUT2D eigenvalue weighted by Crippen LogP contribution is 1.97. The fourth-order valence-corrected chi connectivity index (χ4v) is 0. The molecule has 0 heterocycles. The summed E-state index contributed by atoms with van der Waals surface area (Å²) < 4.78 is 0.801. The molecule has 0 saturated heterocycles. The van der Waals surface area contributed by atoms with Crippen LogP contribution < -0.4 is 0 Å². The molecule has 0 aromatic rings. The average Bonchev–Trinajstić information content (AvgIpc) is 1.38. The highest BCUT2D eigenvalue weighted by molar-refractivity contribution is 6.11. The third kappa shape index (κ3) is 21.5. The van der Waals surface area contributed by atoms with Crippen LogP contribution in [0.5, 0.6) is 0 Å². The van der Waals surface area contributed by atoms with Crippen LogP contribution in [0.2, 0.25) is 4.78 Å². The minimum Gasteiger partial charge on any atom is -0.269 e. The first-order chi connectivity index (χ1) is 2.27. The predicted molar refractivity (Wildman–Crippen MR) is 30.5 cm³/mol. The Morgan fingerprint density at radius 2 is 1.57 bits per heavy atom. The fourth-order valence-electron chi connectivity index (χ4n) is 0. The zero-order valence-electron chi connectivity index (χ0n) is 4.68. The number of hydrogen-bond donors (Lipinski definition) is 0. The molecule has 7 heavy (non-hydrogen) atoms. The van der Waals surface area contributed by atoms with Gasteiger partial charge >= 0.3 is 0 Å². The normalized spacial score (nSPS) is 10.6. The van der Waals surface area contributed by atoms with Crippen LogP contribution in [0.4, 0.5) is 9.41 Å². The fraction of sp³-hybridized carbons (Fsp3) is 1.00. The van der Waals surface area contributed by atoms with Gasteiger partial charge < -0.3 is 0 Å². The van der Waals surface area contributed by atoms with E-state index in [0.29, 0.717) is 0 Å². The van der Waals surface area contributed by atoms with Crippen LogP contribution in [-0.2, 0) is 0 Å². The summed E-state index contributed by atoms with van der Waals surface area (Å²) >= 11 is 2.73. The Morgan fingerprint density at radius 1 is 1.43 bits per heavy atom. The summed E-state index contributed by atoms with van der Waals surface area (Å²) in [4.78, 5) is 0. The quantitative estimate of drug-likeness (QED) is 0.466. The van der Waals surface area contributed by atoms with Gasteiger partial charge in [0.25, 0.3) is 0 Å². The van der Waals surface area contributed by atoms with E-state index in [1.54, 1.807) is 0 Å². The van der Waals surface area contributed by atoms with Crippen LogP contribution in [0, 0.1) is 0 Å². The van der Waals surface area contributed by atoms with Crippen LogP contribution in [-0.4, -0.2) is 16.3 Å². The molecule has 1 atom stereocenters. The van der Waals surface area contributed by atoms with Crippen molar-refractivity contribution >= 4 is 16.3 Å². The van der Waals surface area contributed by atoms with E-state index in [1.807, 2.05) is 0 Å². The van der Waals surface area contributed by atoms with Crippen molar-refractivity contribution in [1.29, 1.82) is 0 Å². The number of hydrogen-bond acceptors (Lipinski definition) is 0. The highest BCUT2D eigenvalue weighted by Gasteiger charge is 1.79. The summed E-state index contributed by atoms with van der Waals surface area (Å²) in [5, 5.41) is 0. The first-order valence-electron chi connectivity index (χ1n) is 2.03. The number of halogens is 2. The summed E-state index contributed by atoms with van der Waals surface area (Å²) in [5.41, 5.74) is 0. The molecule has 0 aromatic heterocycles. The van der Waals surface area contributed by atoms with Crippen molar-refractivity contribution in [3.8, 4) is 0 Å². The molecule has 0 aromatic carbocycles. The molecule has 2 radical (unpaired) electrons. The Balaban J connectivity index is -0.0000000800. The van der Waals surface area contributed by atoms with E-state index in [9.17, 15) is 0 Å². The van der Waals surface area contributed by atoms with Crippen molar-refractivity contribution in [3.05, 3.63) is 0 Å². The van der Waals surface area contributed by atoms with Crippen molar-refractivity contribution < 1.29 is 9.41 Å². The lowest BCUT2D eigenvalue weighted by molar-refractivity contribution is 0.880. The third-order valence-electron chi connectivity index (χ3n) is 0.644. The second-order valence-corrected chi connectivity index (χ2v) is 2.52. The largest absolute Gasteiger partial charge is 0.269 e. The van der Waals surface area contributed by atoms with Crippen molar-refractivity contribution in [1.82, 2.24) is 0 Å². The molecule has 0 bridgehead atoms. The van der Waals surface area contributed by atoms with E-state index in [4.69, 9.17) is 0 Å². The molecule has 0 fully saturated rings. The molecule has 3 heteroatoms. The average molecular weight is 124 g/mol. The first-order valence-corrected chi connectivity index (χ1v) is 2.69. The van der Waals surface area contributed by atoms with Crippen molar-refractivity contribution in [2.45, 2.75) is 25.0 Å². The van der Waals surface area contributed by atoms with Gasteiger partial charge in [0.1, 0.15) is 16.3 Å². The Kier molecular flexibility index (Phi) is 21.5. The van der Waals surface area contributed by atoms with Crippen molar-refractivity contribution in [2.75, 3.05) is 0 Å². The maximum absolute atomic E-state index is 2.73. The van der Waals surface area contributed by atoms with Gasteiger partial charge in [-0.05, 0) is 0 Å². The smallest absolute Gasteiger partial charge is 0.123 e. The molecular weight excluding hydrogens is 113 g/mol. The topological polar surface area (TPSA) is 0 Å². The molecule has 1 unspecified atom stereocenters. The van der Waals surface area contributed by atoms with Crippen LogP contribution >= 0.6 is 0 Å². The highest BCUT2D eigenvalue weighted by atomic mass is 27.0. The summed E-state index contributed by atoms with van der Waals surface area (Å²) in [6.07, 6.45) is 1.27. The van der Waals surface area contributed by atoms with Gasteiger partial charge in [0.15, 0.2) is 0 Å². The lowest BCUT2D eigenvalue weighted by Gasteiger charge is -1.91. The SMILES string of the molecule is CC[CH](C)[Al].F.F. The minimum absolute atomic E-state index is 0. The standard InChI is InChI=1S/C4H9.Al.2FH/c1-3-4-2;;;/h3H,4H2,1-2H3;;2*1H. The van der Waals surface area contributed by atoms with Crippen LogP contribution in [0.1, 0.15) is 20.3 Å². The van der Waals surface area contributed by atoms with Crippen LogP contribution in [0.25, 0.3) is 0 Å². The molecule has 0 nitrogen and oxygen atoms in total. The summed E-state index contributed by atoms with van der Waals surface area (Å²) in [6.45, 7) is 4.36. The molecule has 0 aliphatic heterocycles. The Morgan fingerprint density at radius 3 is 1.57 bits per heavy atom. The molecule has 0 saturated carbocycles. The molecular formula is C4H11AlF2. The van der Waals surface area contributed by atoms with Gasteiger partial charge in [0.05, 0.1) is 0 Å². The van der Waals surface area contributed by atoms with Gasteiger partial charge in [-0.2, -0.15) is 0 Å². The van der Waals surface area contributed by atoms with E-state index in [-0.39, 0.29) is 9.41 Å². The predicted octanol–water partition coefficient (Wildman–Crippen LogP) is 1.68. The van der Waals surface area contributed by atoms with Gasteiger partial charge in [-0.25, -0.2) is 0 Å². The third-order valence-corrected chi connectivity index (χ3v) is 1.12. The zero-order valence-corrected chi connectivity index (χ0v) is 5.83. The van der Waals surface area contributed by atoms with Gasteiger partial charge in [-0.1, -0.05) is 20.3 Å². The summed E-state index contributed by atoms with van der Waals surface area (Å²) in [7, 11) is 0.